The Bertz CT molecular complexity index is 1400. The van der Waals surface area contributed by atoms with Gasteiger partial charge < -0.3 is 30.0 Å². The number of fused-ring (bicyclic) bond motifs is 4. The Morgan fingerprint density at radius 2 is 1.68 bits per heavy atom. The van der Waals surface area contributed by atoms with Crippen molar-refractivity contribution in [2.75, 3.05) is 20.3 Å². The number of H-pyrrole nitrogens is 1. The van der Waals surface area contributed by atoms with E-state index in [0.717, 1.165) is 22.3 Å². The molecular weight excluding hydrogens is 472 g/mol. The van der Waals surface area contributed by atoms with Crippen LogP contribution in [0, 0.1) is 0 Å². The predicted octanol–water partition coefficient (Wildman–Crippen LogP) is 4.28. The van der Waals surface area contributed by atoms with E-state index in [2.05, 4.69) is 34.6 Å². The third-order valence-corrected chi connectivity index (χ3v) is 6.87. The van der Waals surface area contributed by atoms with E-state index in [4.69, 9.17) is 9.47 Å². The average Bonchev–Trinajstić information content (AvgIpc) is 3.50. The van der Waals surface area contributed by atoms with Gasteiger partial charge in [0.2, 0.25) is 0 Å². The second kappa shape index (κ2) is 10.5. The number of methoxy groups -OCH3 is 1. The molecule has 8 nitrogen and oxygen atoms in total. The van der Waals surface area contributed by atoms with Gasteiger partial charge in [0.25, 0.3) is 0 Å². The van der Waals surface area contributed by atoms with Crippen LogP contribution in [0.3, 0.4) is 0 Å². The largest absolute Gasteiger partial charge is 0.465 e. The Kier molecular flexibility index (Phi) is 6.94. The first kappa shape index (κ1) is 24.5. The second-order valence-corrected chi connectivity index (χ2v) is 9.05. The molecule has 5 rings (SSSR count). The molecule has 0 saturated heterocycles. The minimum Gasteiger partial charge on any atom is -0.465 e. The van der Waals surface area contributed by atoms with E-state index in [1.807, 2.05) is 24.3 Å². The van der Waals surface area contributed by atoms with Crippen LogP contribution < -0.4 is 5.32 Å². The summed E-state index contributed by atoms with van der Waals surface area (Å²) in [6.45, 7) is 0.318. The van der Waals surface area contributed by atoms with Crippen LogP contribution in [0.1, 0.15) is 45.5 Å². The van der Waals surface area contributed by atoms with E-state index in [1.54, 1.807) is 24.4 Å². The summed E-state index contributed by atoms with van der Waals surface area (Å²) in [5.41, 5.74) is 6.07. The highest BCUT2D eigenvalue weighted by molar-refractivity contribution is 6.04. The fourth-order valence-corrected chi connectivity index (χ4v) is 4.95. The first-order valence-electron chi connectivity index (χ1n) is 12.1. The topological polar surface area (TPSA) is 121 Å². The van der Waals surface area contributed by atoms with Crippen LogP contribution in [-0.4, -0.2) is 53.6 Å². The van der Waals surface area contributed by atoms with Crippen LogP contribution in [0.4, 0.5) is 4.79 Å². The van der Waals surface area contributed by atoms with Crippen molar-refractivity contribution in [3.63, 3.8) is 0 Å². The minimum atomic E-state index is -1.20. The minimum absolute atomic E-state index is 0.0382. The monoisotopic (exact) mass is 500 g/mol. The zero-order chi connectivity index (χ0) is 25.9. The number of hydrogen-bond acceptors (Lipinski definition) is 6. The molecule has 8 heteroatoms. The maximum Gasteiger partial charge on any atom is 0.407 e. The number of rotatable bonds is 8. The number of carbonyl (C=O) groups excluding carboxylic acids is 2. The summed E-state index contributed by atoms with van der Waals surface area (Å²) in [5.74, 6) is -0.533. The lowest BCUT2D eigenvalue weighted by Crippen LogP contribution is -2.30. The lowest BCUT2D eigenvalue weighted by molar-refractivity contribution is 0.0137. The van der Waals surface area contributed by atoms with Crippen molar-refractivity contribution in [2.45, 2.75) is 24.5 Å². The molecule has 0 radical (unpaired) electrons. The highest BCUT2D eigenvalue weighted by atomic mass is 16.5. The molecule has 37 heavy (non-hydrogen) atoms. The molecule has 1 aromatic heterocycles. The van der Waals surface area contributed by atoms with Crippen LogP contribution in [-0.2, 0) is 9.47 Å². The van der Waals surface area contributed by atoms with Gasteiger partial charge in [-0.2, -0.15) is 0 Å². The van der Waals surface area contributed by atoms with Gasteiger partial charge in [0, 0.05) is 29.6 Å². The van der Waals surface area contributed by atoms with E-state index in [9.17, 15) is 19.8 Å². The van der Waals surface area contributed by atoms with Crippen molar-refractivity contribution in [1.29, 1.82) is 0 Å². The number of amides is 1. The van der Waals surface area contributed by atoms with Crippen molar-refractivity contribution < 1.29 is 29.3 Å². The molecule has 1 aliphatic rings. The van der Waals surface area contributed by atoms with Gasteiger partial charge in [-0.3, -0.25) is 0 Å². The van der Waals surface area contributed by atoms with E-state index < -0.39 is 24.3 Å². The molecule has 1 aliphatic carbocycles. The molecule has 0 bridgehead atoms. The third kappa shape index (κ3) is 4.81. The van der Waals surface area contributed by atoms with Crippen molar-refractivity contribution in [3.8, 4) is 11.1 Å². The van der Waals surface area contributed by atoms with Crippen molar-refractivity contribution in [2.24, 2.45) is 0 Å². The Balaban J connectivity index is 1.15. The molecule has 4 N–H and O–H groups in total. The Morgan fingerprint density at radius 3 is 2.35 bits per heavy atom. The zero-order valence-corrected chi connectivity index (χ0v) is 20.3. The first-order chi connectivity index (χ1) is 18.0. The summed E-state index contributed by atoms with van der Waals surface area (Å²) < 4.78 is 10.3. The van der Waals surface area contributed by atoms with Gasteiger partial charge in [-0.1, -0.05) is 54.6 Å². The summed E-state index contributed by atoms with van der Waals surface area (Å²) in [6, 6.07) is 21.3. The number of alkyl carbamates (subject to hydrolysis) is 1. The second-order valence-electron chi connectivity index (χ2n) is 9.05. The number of ether oxygens (including phenoxy) is 2. The molecule has 0 spiro atoms. The number of benzene rings is 3. The van der Waals surface area contributed by atoms with Crippen LogP contribution in [0.5, 0.6) is 0 Å². The number of aromatic nitrogens is 1. The molecule has 1 heterocycles. The number of aliphatic hydroxyl groups is 2. The molecular formula is C29H28N2O6. The van der Waals surface area contributed by atoms with E-state index >= 15 is 0 Å². The maximum absolute atomic E-state index is 12.4. The molecule has 3 aromatic carbocycles. The molecule has 0 aliphatic heterocycles. The van der Waals surface area contributed by atoms with E-state index in [1.165, 1.54) is 7.11 Å². The van der Waals surface area contributed by atoms with Gasteiger partial charge in [-0.05, 0) is 46.4 Å². The first-order valence-corrected chi connectivity index (χ1v) is 12.1. The number of hydrogen-bond donors (Lipinski definition) is 4. The lowest BCUT2D eigenvalue weighted by Gasteiger charge is -2.19. The summed E-state index contributed by atoms with van der Waals surface area (Å²) >= 11 is 0. The summed E-state index contributed by atoms with van der Waals surface area (Å²) in [4.78, 5) is 27.3. The summed E-state index contributed by atoms with van der Waals surface area (Å²) in [7, 11) is 1.30. The van der Waals surface area contributed by atoms with Crippen molar-refractivity contribution in [3.05, 3.63) is 95.2 Å². The lowest BCUT2D eigenvalue weighted by atomic mass is 9.98. The van der Waals surface area contributed by atoms with Gasteiger partial charge in [0.05, 0.1) is 18.8 Å². The molecule has 190 valence electrons. The number of aliphatic hydroxyl groups excluding tert-OH is 2. The Hall–Kier alpha value is -4.14. The van der Waals surface area contributed by atoms with Gasteiger partial charge in [-0.15, -0.1) is 0 Å². The van der Waals surface area contributed by atoms with Crippen LogP contribution in [0.2, 0.25) is 0 Å². The van der Waals surface area contributed by atoms with Crippen LogP contribution >= 0.6 is 0 Å². The fraction of sp³-hybridized carbons (Fsp3) is 0.241. The molecule has 4 aromatic rings. The fourth-order valence-electron chi connectivity index (χ4n) is 4.95. The Labute approximate surface area is 213 Å². The highest BCUT2D eigenvalue weighted by Crippen LogP contribution is 2.44. The van der Waals surface area contributed by atoms with Crippen LogP contribution in [0.15, 0.2) is 72.9 Å². The number of esters is 1. The smallest absolute Gasteiger partial charge is 0.407 e. The quantitative estimate of drug-likeness (QED) is 0.268. The van der Waals surface area contributed by atoms with Gasteiger partial charge >= 0.3 is 12.1 Å². The molecule has 0 fully saturated rings. The molecule has 2 unspecified atom stereocenters. The number of aromatic amines is 1. The van der Waals surface area contributed by atoms with Crippen molar-refractivity contribution in [1.82, 2.24) is 10.3 Å². The van der Waals surface area contributed by atoms with Gasteiger partial charge in [0.15, 0.2) is 0 Å². The number of carbonyl (C=O) groups is 2. The van der Waals surface area contributed by atoms with Crippen molar-refractivity contribution >= 4 is 23.0 Å². The van der Waals surface area contributed by atoms with Crippen LogP contribution in [0.25, 0.3) is 22.0 Å². The van der Waals surface area contributed by atoms with Gasteiger partial charge in [0.1, 0.15) is 12.7 Å². The van der Waals surface area contributed by atoms with E-state index in [-0.39, 0.29) is 25.5 Å². The summed E-state index contributed by atoms with van der Waals surface area (Å²) in [6.07, 6.45) is -1.26. The highest BCUT2D eigenvalue weighted by Gasteiger charge is 2.29. The maximum atomic E-state index is 12.4. The standard InChI is InChI=1S/C29H28N2O6/c1-36-28(34)23-15-31-25-11-10-17(14-22(23)25)27(33)26(32)12-13-30-29(35)37-16-24-20-8-4-2-6-18(20)19-7-3-5-9-21(19)24/h2-11,14-15,24,26-27,31-33H,12-13,16H2,1H3,(H,30,35). The normalized spacial score (nSPS) is 14.0. The molecule has 1 amide bonds. The molecule has 0 saturated carbocycles. The zero-order valence-electron chi connectivity index (χ0n) is 20.3. The molecule has 2 atom stereocenters. The predicted molar refractivity (Wildman–Crippen MR) is 138 cm³/mol. The third-order valence-electron chi connectivity index (χ3n) is 6.87. The summed E-state index contributed by atoms with van der Waals surface area (Å²) in [5, 5.41) is 24.4. The van der Waals surface area contributed by atoms with Gasteiger partial charge in [-0.25, -0.2) is 9.59 Å². The van der Waals surface area contributed by atoms with E-state index in [0.29, 0.717) is 22.0 Å². The Morgan fingerprint density at radius 1 is 1.00 bits per heavy atom. The SMILES string of the molecule is COC(=O)c1c[nH]c2ccc(C(O)C(O)CCNC(=O)OCC3c4ccccc4-c4ccccc43)cc12. The number of nitrogens with one attached hydrogen (secondary N) is 2. The average molecular weight is 501 g/mol.